The van der Waals surface area contributed by atoms with Crippen molar-refractivity contribution < 1.29 is 5.11 Å². The van der Waals surface area contributed by atoms with Gasteiger partial charge in [-0.05, 0) is 18.9 Å². The van der Waals surface area contributed by atoms with Crippen molar-refractivity contribution in [2.45, 2.75) is 18.9 Å². The second-order valence-corrected chi connectivity index (χ2v) is 5.07. The Balaban J connectivity index is 2.25. The molecule has 0 unspecified atom stereocenters. The largest absolute Gasteiger partial charge is 0.380 e. The Bertz CT molecular complexity index is 538. The summed E-state index contributed by atoms with van der Waals surface area (Å²) in [4.78, 5) is 1.09. The van der Waals surface area contributed by atoms with Crippen LogP contribution in [0.5, 0.6) is 0 Å². The van der Waals surface area contributed by atoms with Gasteiger partial charge in [-0.15, -0.1) is 17.8 Å². The van der Waals surface area contributed by atoms with Gasteiger partial charge < -0.3 is 5.11 Å². The van der Waals surface area contributed by atoms with E-state index in [2.05, 4.69) is 5.92 Å². The predicted molar refractivity (Wildman–Crippen MR) is 70.0 cm³/mol. The fourth-order valence-electron chi connectivity index (χ4n) is 1.58. The molecule has 0 radical (unpaired) electrons. The number of halogens is 1. The summed E-state index contributed by atoms with van der Waals surface area (Å²) in [5.41, 5.74) is 0. The van der Waals surface area contributed by atoms with Gasteiger partial charge in [0.1, 0.15) is 6.10 Å². The molecule has 16 heavy (non-hydrogen) atoms. The number of hydrogen-bond acceptors (Lipinski definition) is 2. The minimum absolute atomic E-state index is 0.559. The van der Waals surface area contributed by atoms with Crippen molar-refractivity contribution in [3.8, 4) is 12.3 Å². The first kappa shape index (κ1) is 11.5. The van der Waals surface area contributed by atoms with Gasteiger partial charge in [0.2, 0.25) is 0 Å². The highest BCUT2D eigenvalue weighted by atomic mass is 35.5. The van der Waals surface area contributed by atoms with Crippen molar-refractivity contribution in [2.24, 2.45) is 0 Å². The topological polar surface area (TPSA) is 20.2 Å². The quantitative estimate of drug-likeness (QED) is 0.827. The normalized spacial score (nSPS) is 12.6. The van der Waals surface area contributed by atoms with E-state index in [1.54, 1.807) is 11.3 Å². The third-order valence-corrected chi connectivity index (χ3v) is 4.21. The molecular formula is C13H11ClOS. The highest BCUT2D eigenvalue weighted by Gasteiger charge is 2.10. The Morgan fingerprint density at radius 3 is 2.88 bits per heavy atom. The van der Waals surface area contributed by atoms with Crippen LogP contribution in [0.3, 0.4) is 0 Å². The van der Waals surface area contributed by atoms with Gasteiger partial charge in [0.05, 0.1) is 5.02 Å². The summed E-state index contributed by atoms with van der Waals surface area (Å²) in [6, 6.07) is 8.03. The fraction of sp³-hybridized carbons (Fsp3) is 0.231. The lowest BCUT2D eigenvalue weighted by atomic mass is 10.1. The second kappa shape index (κ2) is 4.88. The van der Waals surface area contributed by atoms with E-state index < -0.39 is 6.10 Å². The van der Waals surface area contributed by atoms with Crippen molar-refractivity contribution in [1.29, 1.82) is 0 Å². The molecule has 0 aliphatic rings. The number of benzene rings is 1. The first-order valence-corrected chi connectivity index (χ1v) is 6.22. The molecule has 0 saturated heterocycles. The summed E-state index contributed by atoms with van der Waals surface area (Å²) in [7, 11) is 0. The lowest BCUT2D eigenvalue weighted by Gasteiger charge is -2.01. The summed E-state index contributed by atoms with van der Waals surface area (Å²) in [6.07, 6.45) is 5.72. The van der Waals surface area contributed by atoms with Crippen LogP contribution in [0, 0.1) is 12.3 Å². The molecule has 0 spiro atoms. The maximum atomic E-state index is 9.31. The molecule has 1 aromatic carbocycles. The molecule has 0 aliphatic carbocycles. The molecule has 1 heterocycles. The number of terminal acetylenes is 1. The number of aliphatic hydroxyl groups is 1. The number of rotatable bonds is 3. The molecule has 2 rings (SSSR count). The standard InChI is InChI=1S/C13H11ClOS/c1-2-9(15)7-8-12-13(14)10-5-3-4-6-11(10)16-12/h1,3-6,9,15H,7-8H2/t9-/m1/s1. The molecule has 0 saturated carbocycles. The molecule has 1 N–H and O–H groups in total. The van der Waals surface area contributed by atoms with Crippen LogP contribution in [0.2, 0.25) is 5.02 Å². The number of fused-ring (bicyclic) bond motifs is 1. The number of thiophene rings is 1. The van der Waals surface area contributed by atoms with E-state index in [1.807, 2.05) is 24.3 Å². The molecule has 0 aliphatic heterocycles. The van der Waals surface area contributed by atoms with Crippen LogP contribution in [0.25, 0.3) is 10.1 Å². The first-order valence-electron chi connectivity index (χ1n) is 5.02. The molecule has 3 heteroatoms. The smallest absolute Gasteiger partial charge is 0.114 e. The minimum atomic E-state index is -0.679. The summed E-state index contributed by atoms with van der Waals surface area (Å²) < 4.78 is 1.18. The molecule has 1 aromatic heterocycles. The van der Waals surface area contributed by atoms with Crippen LogP contribution in [0.15, 0.2) is 24.3 Å². The Kier molecular flexibility index (Phi) is 3.50. The molecule has 0 fully saturated rings. The highest BCUT2D eigenvalue weighted by molar-refractivity contribution is 7.19. The molecule has 82 valence electrons. The molecule has 2 aromatic rings. The van der Waals surface area contributed by atoms with Crippen LogP contribution in [-0.4, -0.2) is 11.2 Å². The van der Waals surface area contributed by atoms with E-state index in [1.165, 1.54) is 4.70 Å². The van der Waals surface area contributed by atoms with E-state index in [0.29, 0.717) is 6.42 Å². The van der Waals surface area contributed by atoms with Gasteiger partial charge in [-0.3, -0.25) is 0 Å². The Morgan fingerprint density at radius 1 is 1.44 bits per heavy atom. The SMILES string of the molecule is C#C[C@@H](O)CCc1sc2ccccc2c1Cl. The maximum absolute atomic E-state index is 9.31. The summed E-state index contributed by atoms with van der Waals surface area (Å²) >= 11 is 7.93. The zero-order chi connectivity index (χ0) is 11.5. The van der Waals surface area contributed by atoms with Gasteiger partial charge >= 0.3 is 0 Å². The van der Waals surface area contributed by atoms with Crippen molar-refractivity contribution >= 4 is 33.0 Å². The van der Waals surface area contributed by atoms with Crippen molar-refractivity contribution in [3.63, 3.8) is 0 Å². The Morgan fingerprint density at radius 2 is 2.19 bits per heavy atom. The van der Waals surface area contributed by atoms with Gasteiger partial charge in [-0.2, -0.15) is 0 Å². The zero-order valence-electron chi connectivity index (χ0n) is 8.61. The maximum Gasteiger partial charge on any atom is 0.114 e. The van der Waals surface area contributed by atoms with Crippen molar-refractivity contribution in [2.75, 3.05) is 0 Å². The molecule has 1 nitrogen and oxygen atoms in total. The first-order chi connectivity index (χ1) is 7.72. The average Bonchev–Trinajstić information content (AvgIpc) is 2.64. The van der Waals surface area contributed by atoms with Gasteiger partial charge in [0.15, 0.2) is 0 Å². The molecule has 0 bridgehead atoms. The van der Waals surface area contributed by atoms with E-state index in [4.69, 9.17) is 18.0 Å². The van der Waals surface area contributed by atoms with Crippen molar-refractivity contribution in [1.82, 2.24) is 0 Å². The van der Waals surface area contributed by atoms with Gasteiger partial charge in [-0.1, -0.05) is 35.7 Å². The third-order valence-electron chi connectivity index (χ3n) is 2.44. The predicted octanol–water partition coefficient (Wildman–Crippen LogP) is 3.48. The van der Waals surface area contributed by atoms with Gasteiger partial charge in [0, 0.05) is 15.0 Å². The van der Waals surface area contributed by atoms with Crippen LogP contribution in [-0.2, 0) is 6.42 Å². The summed E-state index contributed by atoms with van der Waals surface area (Å²) in [5.74, 6) is 2.31. The monoisotopic (exact) mass is 250 g/mol. The van der Waals surface area contributed by atoms with Crippen LogP contribution < -0.4 is 0 Å². The van der Waals surface area contributed by atoms with Gasteiger partial charge in [0.25, 0.3) is 0 Å². The van der Waals surface area contributed by atoms with E-state index in [0.717, 1.165) is 21.7 Å². The number of aliphatic hydroxyl groups excluding tert-OH is 1. The number of hydrogen-bond donors (Lipinski definition) is 1. The van der Waals surface area contributed by atoms with Crippen LogP contribution >= 0.6 is 22.9 Å². The lowest BCUT2D eigenvalue weighted by molar-refractivity contribution is 0.223. The average molecular weight is 251 g/mol. The van der Waals surface area contributed by atoms with Gasteiger partial charge in [-0.25, -0.2) is 0 Å². The highest BCUT2D eigenvalue weighted by Crippen LogP contribution is 2.35. The lowest BCUT2D eigenvalue weighted by Crippen LogP contribution is -2.03. The Labute approximate surface area is 104 Å². The third kappa shape index (κ3) is 2.22. The number of aryl methyl sites for hydroxylation is 1. The minimum Gasteiger partial charge on any atom is -0.380 e. The zero-order valence-corrected chi connectivity index (χ0v) is 10.2. The second-order valence-electron chi connectivity index (χ2n) is 3.56. The van der Waals surface area contributed by atoms with E-state index >= 15 is 0 Å². The van der Waals surface area contributed by atoms with Crippen LogP contribution in [0.1, 0.15) is 11.3 Å². The Hall–Kier alpha value is -1.01. The van der Waals surface area contributed by atoms with E-state index in [9.17, 15) is 5.11 Å². The van der Waals surface area contributed by atoms with E-state index in [-0.39, 0.29) is 0 Å². The van der Waals surface area contributed by atoms with Crippen LogP contribution in [0.4, 0.5) is 0 Å². The fourth-order valence-corrected chi connectivity index (χ4v) is 3.12. The van der Waals surface area contributed by atoms with Crippen molar-refractivity contribution in [3.05, 3.63) is 34.2 Å². The molecule has 0 amide bonds. The molecule has 1 atom stereocenters. The summed E-state index contributed by atoms with van der Waals surface area (Å²) in [5, 5.41) is 11.2. The molecular weight excluding hydrogens is 240 g/mol. The summed E-state index contributed by atoms with van der Waals surface area (Å²) in [6.45, 7) is 0.